The molecule has 6 nitrogen and oxygen atoms in total. The number of hydrogen-bond donors (Lipinski definition) is 2. The number of likely N-dealkylation sites (tertiary alicyclic amines) is 1. The summed E-state index contributed by atoms with van der Waals surface area (Å²) in [7, 11) is 1.96. The highest BCUT2D eigenvalue weighted by atomic mass is 127. The van der Waals surface area contributed by atoms with Crippen LogP contribution in [0.3, 0.4) is 0 Å². The van der Waals surface area contributed by atoms with Crippen LogP contribution in [0.4, 0.5) is 0 Å². The number of hydrogen-bond acceptors (Lipinski definition) is 3. The van der Waals surface area contributed by atoms with Crippen molar-refractivity contribution in [2.45, 2.75) is 25.8 Å². The molecule has 2 heterocycles. The van der Waals surface area contributed by atoms with Crippen molar-refractivity contribution in [3.8, 4) is 5.75 Å². The average Bonchev–Trinajstić information content (AvgIpc) is 3.22. The van der Waals surface area contributed by atoms with Crippen LogP contribution in [0.25, 0.3) is 0 Å². The van der Waals surface area contributed by atoms with Crippen molar-refractivity contribution in [1.82, 2.24) is 20.0 Å². The third-order valence-corrected chi connectivity index (χ3v) is 4.37. The van der Waals surface area contributed by atoms with Crippen molar-refractivity contribution in [3.63, 3.8) is 0 Å². The summed E-state index contributed by atoms with van der Waals surface area (Å²) in [5.41, 5.74) is 2.39. The molecule has 1 aliphatic heterocycles. The molecule has 0 saturated carbocycles. The van der Waals surface area contributed by atoms with E-state index in [0.29, 0.717) is 12.5 Å². The van der Waals surface area contributed by atoms with Gasteiger partial charge in [0, 0.05) is 38.8 Å². The molecule has 136 valence electrons. The first-order valence-corrected chi connectivity index (χ1v) is 8.45. The quantitative estimate of drug-likeness (QED) is 0.423. The van der Waals surface area contributed by atoms with E-state index in [9.17, 15) is 5.11 Å². The van der Waals surface area contributed by atoms with Gasteiger partial charge >= 0.3 is 0 Å². The Bertz CT molecular complexity index is 698. The van der Waals surface area contributed by atoms with Gasteiger partial charge in [-0.1, -0.05) is 12.1 Å². The lowest BCUT2D eigenvalue weighted by atomic mass is 10.0. The highest BCUT2D eigenvalue weighted by Gasteiger charge is 2.26. The molecule has 0 radical (unpaired) electrons. The normalized spacial score (nSPS) is 17.4. The third kappa shape index (κ3) is 5.10. The lowest BCUT2D eigenvalue weighted by molar-refractivity contribution is 0.475. The van der Waals surface area contributed by atoms with Crippen molar-refractivity contribution in [3.05, 3.63) is 47.8 Å². The minimum absolute atomic E-state index is 0. The van der Waals surface area contributed by atoms with E-state index >= 15 is 0 Å². The maximum absolute atomic E-state index is 9.37. The summed E-state index contributed by atoms with van der Waals surface area (Å²) in [5.74, 6) is 1.75. The number of halogens is 1. The molecular formula is C18H26IN5O. The topological polar surface area (TPSA) is 65.7 Å². The zero-order chi connectivity index (χ0) is 16.9. The SMILES string of the molecule is CCNC(=NCc1ccc(O)cc1)N1CCC(c2cnn(C)c2)C1.I. The molecular weight excluding hydrogens is 429 g/mol. The molecule has 0 bridgehead atoms. The minimum atomic E-state index is 0. The van der Waals surface area contributed by atoms with E-state index in [2.05, 4.69) is 28.4 Å². The van der Waals surface area contributed by atoms with E-state index < -0.39 is 0 Å². The summed E-state index contributed by atoms with van der Waals surface area (Å²) in [6.07, 6.45) is 5.19. The number of phenolic OH excluding ortho intramolecular Hbond substituents is 1. The van der Waals surface area contributed by atoms with Gasteiger partial charge in [-0.15, -0.1) is 24.0 Å². The van der Waals surface area contributed by atoms with Gasteiger partial charge in [-0.3, -0.25) is 4.68 Å². The fraction of sp³-hybridized carbons (Fsp3) is 0.444. The van der Waals surface area contributed by atoms with Crippen molar-refractivity contribution in [1.29, 1.82) is 0 Å². The summed E-state index contributed by atoms with van der Waals surface area (Å²) >= 11 is 0. The number of nitrogens with one attached hydrogen (secondary N) is 1. The van der Waals surface area contributed by atoms with Crippen LogP contribution in [-0.2, 0) is 13.6 Å². The number of aromatic nitrogens is 2. The Hall–Kier alpha value is -1.77. The Kier molecular flexibility index (Phi) is 7.10. The molecule has 25 heavy (non-hydrogen) atoms. The van der Waals surface area contributed by atoms with Gasteiger partial charge in [0.05, 0.1) is 12.7 Å². The molecule has 0 amide bonds. The molecule has 1 aromatic heterocycles. The largest absolute Gasteiger partial charge is 0.508 e. The molecule has 1 aliphatic rings. The summed E-state index contributed by atoms with van der Waals surface area (Å²) in [4.78, 5) is 7.08. The number of phenols is 1. The number of guanidine groups is 1. The van der Waals surface area contributed by atoms with Gasteiger partial charge in [0.1, 0.15) is 5.75 Å². The number of nitrogens with zero attached hydrogens (tertiary/aromatic N) is 4. The van der Waals surface area contributed by atoms with Crippen LogP contribution < -0.4 is 5.32 Å². The summed E-state index contributed by atoms with van der Waals surface area (Å²) in [5, 5.41) is 17.0. The van der Waals surface area contributed by atoms with Gasteiger partial charge in [-0.2, -0.15) is 5.10 Å². The molecule has 1 aromatic carbocycles. The van der Waals surface area contributed by atoms with Crippen molar-refractivity contribution < 1.29 is 5.11 Å². The predicted octanol–water partition coefficient (Wildman–Crippen LogP) is 2.70. The van der Waals surface area contributed by atoms with Gasteiger partial charge in [0.15, 0.2) is 5.96 Å². The first-order chi connectivity index (χ1) is 11.7. The van der Waals surface area contributed by atoms with Crippen molar-refractivity contribution in [2.75, 3.05) is 19.6 Å². The molecule has 1 fully saturated rings. The number of rotatable bonds is 4. The zero-order valence-electron chi connectivity index (χ0n) is 14.7. The molecule has 1 atom stereocenters. The highest BCUT2D eigenvalue weighted by molar-refractivity contribution is 14.0. The van der Waals surface area contributed by atoms with E-state index in [1.54, 1.807) is 12.1 Å². The van der Waals surface area contributed by atoms with Gasteiger partial charge < -0.3 is 15.3 Å². The average molecular weight is 455 g/mol. The van der Waals surface area contributed by atoms with E-state index in [0.717, 1.165) is 37.6 Å². The monoisotopic (exact) mass is 455 g/mol. The van der Waals surface area contributed by atoms with Crippen molar-refractivity contribution >= 4 is 29.9 Å². The van der Waals surface area contributed by atoms with Crippen LogP contribution in [0.15, 0.2) is 41.7 Å². The second-order valence-corrected chi connectivity index (χ2v) is 6.22. The summed E-state index contributed by atoms with van der Waals surface area (Å²) in [6, 6.07) is 7.22. The highest BCUT2D eigenvalue weighted by Crippen LogP contribution is 2.26. The predicted molar refractivity (Wildman–Crippen MR) is 110 cm³/mol. The van der Waals surface area contributed by atoms with Crippen LogP contribution in [0.2, 0.25) is 0 Å². The fourth-order valence-corrected chi connectivity index (χ4v) is 3.07. The number of benzene rings is 1. The number of aryl methyl sites for hydroxylation is 1. The first kappa shape index (κ1) is 19.6. The van der Waals surface area contributed by atoms with Crippen molar-refractivity contribution in [2.24, 2.45) is 12.0 Å². The minimum Gasteiger partial charge on any atom is -0.508 e. The lowest BCUT2D eigenvalue weighted by Crippen LogP contribution is -2.40. The van der Waals surface area contributed by atoms with Crippen LogP contribution >= 0.6 is 24.0 Å². The van der Waals surface area contributed by atoms with Crippen LogP contribution in [-0.4, -0.2) is 45.4 Å². The molecule has 0 aliphatic carbocycles. The number of aromatic hydroxyl groups is 1. The molecule has 2 N–H and O–H groups in total. The molecule has 3 rings (SSSR count). The Morgan fingerprint density at radius 3 is 2.76 bits per heavy atom. The fourth-order valence-electron chi connectivity index (χ4n) is 3.07. The second-order valence-electron chi connectivity index (χ2n) is 6.22. The van der Waals surface area contributed by atoms with Gasteiger partial charge in [-0.05, 0) is 36.6 Å². The Morgan fingerprint density at radius 2 is 2.12 bits per heavy atom. The van der Waals surface area contributed by atoms with Crippen LogP contribution in [0.5, 0.6) is 5.75 Å². The molecule has 2 aromatic rings. The van der Waals surface area contributed by atoms with Gasteiger partial charge in [-0.25, -0.2) is 4.99 Å². The third-order valence-electron chi connectivity index (χ3n) is 4.37. The zero-order valence-corrected chi connectivity index (χ0v) is 17.1. The van der Waals surface area contributed by atoms with E-state index in [1.807, 2.05) is 30.1 Å². The van der Waals surface area contributed by atoms with Crippen LogP contribution in [0, 0.1) is 0 Å². The standard InChI is InChI=1S/C18H25N5O.HI/c1-3-19-18(20-10-14-4-6-17(24)7-5-14)23-9-8-15(13-23)16-11-21-22(2)12-16;/h4-7,11-12,15,24H,3,8-10,13H2,1-2H3,(H,19,20);1H. The lowest BCUT2D eigenvalue weighted by Gasteiger charge is -2.21. The molecule has 1 saturated heterocycles. The number of aliphatic imine (C=N–C) groups is 1. The van der Waals surface area contributed by atoms with E-state index in [4.69, 9.17) is 4.99 Å². The maximum Gasteiger partial charge on any atom is 0.194 e. The first-order valence-electron chi connectivity index (χ1n) is 8.45. The molecule has 0 spiro atoms. The Labute approximate surface area is 166 Å². The van der Waals surface area contributed by atoms with Gasteiger partial charge in [0.2, 0.25) is 0 Å². The molecule has 7 heteroatoms. The van der Waals surface area contributed by atoms with E-state index in [1.165, 1.54) is 5.56 Å². The Morgan fingerprint density at radius 1 is 1.36 bits per heavy atom. The second kappa shape index (κ2) is 9.07. The maximum atomic E-state index is 9.37. The summed E-state index contributed by atoms with van der Waals surface area (Å²) in [6.45, 7) is 5.51. The smallest absolute Gasteiger partial charge is 0.194 e. The summed E-state index contributed by atoms with van der Waals surface area (Å²) < 4.78 is 1.86. The van der Waals surface area contributed by atoms with Gasteiger partial charge in [0.25, 0.3) is 0 Å². The van der Waals surface area contributed by atoms with E-state index in [-0.39, 0.29) is 29.7 Å². The Balaban J connectivity index is 0.00000225. The molecule has 1 unspecified atom stereocenters. The van der Waals surface area contributed by atoms with Crippen LogP contribution in [0.1, 0.15) is 30.4 Å².